The van der Waals surface area contributed by atoms with E-state index < -0.39 is 0 Å². The molecule has 7 nitrogen and oxygen atoms in total. The summed E-state index contributed by atoms with van der Waals surface area (Å²) in [6.07, 6.45) is 3.11. The van der Waals surface area contributed by atoms with E-state index in [2.05, 4.69) is 9.88 Å². The maximum absolute atomic E-state index is 13.2. The predicted molar refractivity (Wildman–Crippen MR) is 106 cm³/mol. The Morgan fingerprint density at radius 1 is 1.07 bits per heavy atom. The van der Waals surface area contributed by atoms with E-state index in [0.29, 0.717) is 30.2 Å². The first-order valence-electron chi connectivity index (χ1n) is 9.73. The number of fused-ring (bicyclic) bond motifs is 1. The molecule has 28 heavy (non-hydrogen) atoms. The van der Waals surface area contributed by atoms with Crippen molar-refractivity contribution in [2.45, 2.75) is 32.7 Å². The number of aryl methyl sites for hydroxylation is 1. The highest BCUT2D eigenvalue weighted by Gasteiger charge is 2.29. The molecule has 148 valence electrons. The van der Waals surface area contributed by atoms with Crippen molar-refractivity contribution in [2.75, 3.05) is 38.8 Å². The average molecular weight is 382 g/mol. The normalized spacial score (nSPS) is 16.1. The van der Waals surface area contributed by atoms with Gasteiger partial charge in [-0.25, -0.2) is 9.97 Å². The molecule has 4 rings (SSSR count). The molecular weight excluding hydrogens is 356 g/mol. The first kappa shape index (κ1) is 18.5. The third-order valence-corrected chi connectivity index (χ3v) is 5.48. The van der Waals surface area contributed by atoms with Crippen molar-refractivity contribution in [1.29, 1.82) is 0 Å². The molecule has 1 amide bonds. The summed E-state index contributed by atoms with van der Waals surface area (Å²) in [6.45, 7) is 5.14. The molecule has 0 bridgehead atoms. The van der Waals surface area contributed by atoms with Crippen LogP contribution >= 0.6 is 0 Å². The number of ether oxygens (including phenoxy) is 2. The molecule has 0 spiro atoms. The monoisotopic (exact) mass is 382 g/mol. The molecule has 0 aliphatic carbocycles. The summed E-state index contributed by atoms with van der Waals surface area (Å²) < 4.78 is 10.7. The summed E-state index contributed by atoms with van der Waals surface area (Å²) >= 11 is 0. The molecule has 7 heteroatoms. The van der Waals surface area contributed by atoms with Gasteiger partial charge in [0, 0.05) is 37.7 Å². The van der Waals surface area contributed by atoms with Crippen LogP contribution in [0.3, 0.4) is 0 Å². The largest absolute Gasteiger partial charge is 0.497 e. The fourth-order valence-corrected chi connectivity index (χ4v) is 4.03. The van der Waals surface area contributed by atoms with Gasteiger partial charge >= 0.3 is 0 Å². The summed E-state index contributed by atoms with van der Waals surface area (Å²) in [4.78, 5) is 26.8. The topological polar surface area (TPSA) is 67.8 Å². The smallest absolute Gasteiger partial charge is 0.257 e. The molecule has 0 radical (unpaired) electrons. The number of carbonyl (C=O) groups is 1. The van der Waals surface area contributed by atoms with Gasteiger partial charge in [0.05, 0.1) is 32.0 Å². The average Bonchev–Trinajstić information content (AvgIpc) is 3.26. The molecule has 1 aromatic heterocycles. The molecular formula is C21H26N4O3. The summed E-state index contributed by atoms with van der Waals surface area (Å²) in [7, 11) is 3.17. The van der Waals surface area contributed by atoms with Crippen LogP contribution in [0, 0.1) is 6.92 Å². The maximum atomic E-state index is 13.2. The number of nitrogens with zero attached hydrogens (tertiary/aromatic N) is 4. The number of amides is 1. The van der Waals surface area contributed by atoms with Gasteiger partial charge in [-0.3, -0.25) is 4.79 Å². The second kappa shape index (κ2) is 7.66. The summed E-state index contributed by atoms with van der Waals surface area (Å²) in [6, 6.07) is 5.30. The lowest BCUT2D eigenvalue weighted by Gasteiger charge is -2.32. The van der Waals surface area contributed by atoms with Crippen molar-refractivity contribution in [2.24, 2.45) is 0 Å². The second-order valence-electron chi connectivity index (χ2n) is 7.26. The lowest BCUT2D eigenvalue weighted by atomic mass is 10.0. The Morgan fingerprint density at radius 2 is 1.86 bits per heavy atom. The number of benzene rings is 1. The Kier molecular flexibility index (Phi) is 5.07. The Balaban J connectivity index is 1.64. The van der Waals surface area contributed by atoms with Gasteiger partial charge in [-0.1, -0.05) is 0 Å². The fraction of sp³-hybridized carbons (Fsp3) is 0.476. The molecule has 2 aliphatic heterocycles. The predicted octanol–water partition coefficient (Wildman–Crippen LogP) is 2.60. The molecule has 2 aliphatic rings. The fourth-order valence-electron chi connectivity index (χ4n) is 4.03. The van der Waals surface area contributed by atoms with Crippen LogP contribution in [0.5, 0.6) is 11.5 Å². The minimum Gasteiger partial charge on any atom is -0.497 e. The van der Waals surface area contributed by atoms with E-state index in [1.807, 2.05) is 11.8 Å². The summed E-state index contributed by atoms with van der Waals surface area (Å²) in [5, 5.41) is 0. The number of anilines is 1. The van der Waals surface area contributed by atoms with Crippen molar-refractivity contribution >= 4 is 11.7 Å². The van der Waals surface area contributed by atoms with Gasteiger partial charge in [-0.2, -0.15) is 0 Å². The van der Waals surface area contributed by atoms with Crippen LogP contribution in [0.15, 0.2) is 18.2 Å². The van der Waals surface area contributed by atoms with Crippen molar-refractivity contribution in [3.05, 3.63) is 40.8 Å². The highest BCUT2D eigenvalue weighted by atomic mass is 16.5. The highest BCUT2D eigenvalue weighted by molar-refractivity contribution is 5.97. The molecule has 0 N–H and O–H groups in total. The summed E-state index contributed by atoms with van der Waals surface area (Å²) in [5.74, 6) is 2.95. The zero-order chi connectivity index (χ0) is 19.7. The van der Waals surface area contributed by atoms with Gasteiger partial charge in [-0.15, -0.1) is 0 Å². The first-order valence-corrected chi connectivity index (χ1v) is 9.73. The van der Waals surface area contributed by atoms with Crippen molar-refractivity contribution in [3.8, 4) is 11.5 Å². The number of hydrogen-bond donors (Lipinski definition) is 0. The van der Waals surface area contributed by atoms with E-state index in [1.54, 1.807) is 32.4 Å². The van der Waals surface area contributed by atoms with Gasteiger partial charge in [0.15, 0.2) is 0 Å². The number of aromatic nitrogens is 2. The molecule has 0 saturated carbocycles. The van der Waals surface area contributed by atoms with Crippen LogP contribution in [-0.2, 0) is 13.0 Å². The molecule has 2 aromatic rings. The Labute approximate surface area is 165 Å². The zero-order valence-electron chi connectivity index (χ0n) is 16.7. The lowest BCUT2D eigenvalue weighted by molar-refractivity contribution is 0.0730. The van der Waals surface area contributed by atoms with Crippen LogP contribution in [0.25, 0.3) is 0 Å². The van der Waals surface area contributed by atoms with Gasteiger partial charge in [-0.05, 0) is 31.9 Å². The van der Waals surface area contributed by atoms with Gasteiger partial charge in [0.2, 0.25) is 0 Å². The number of methoxy groups -OCH3 is 2. The van der Waals surface area contributed by atoms with Crippen LogP contribution < -0.4 is 14.4 Å². The first-order chi connectivity index (χ1) is 13.6. The highest BCUT2D eigenvalue weighted by Crippen LogP contribution is 2.31. The van der Waals surface area contributed by atoms with E-state index in [1.165, 1.54) is 12.8 Å². The SMILES string of the molecule is COc1ccc(C(=O)N2CCc3nc(C)nc(N4CCCC4)c3C2)c(OC)c1. The van der Waals surface area contributed by atoms with Gasteiger partial charge < -0.3 is 19.3 Å². The van der Waals surface area contributed by atoms with E-state index in [4.69, 9.17) is 14.5 Å². The van der Waals surface area contributed by atoms with E-state index in [-0.39, 0.29) is 5.91 Å². The van der Waals surface area contributed by atoms with Crippen LogP contribution in [0.2, 0.25) is 0 Å². The number of rotatable bonds is 4. The Hall–Kier alpha value is -2.83. The second-order valence-corrected chi connectivity index (χ2v) is 7.26. The van der Waals surface area contributed by atoms with Crippen molar-refractivity contribution in [1.82, 2.24) is 14.9 Å². The quantitative estimate of drug-likeness (QED) is 0.810. The van der Waals surface area contributed by atoms with Crippen molar-refractivity contribution in [3.63, 3.8) is 0 Å². The van der Waals surface area contributed by atoms with Crippen LogP contribution in [-0.4, -0.2) is 54.6 Å². The molecule has 0 atom stereocenters. The third kappa shape index (κ3) is 3.37. The maximum Gasteiger partial charge on any atom is 0.257 e. The van der Waals surface area contributed by atoms with Gasteiger partial charge in [0.25, 0.3) is 5.91 Å². The number of carbonyl (C=O) groups excluding carboxylic acids is 1. The molecule has 3 heterocycles. The minimum atomic E-state index is -0.0434. The number of hydrogen-bond acceptors (Lipinski definition) is 6. The molecule has 1 fully saturated rings. The molecule has 1 aromatic carbocycles. The Morgan fingerprint density at radius 3 is 2.57 bits per heavy atom. The summed E-state index contributed by atoms with van der Waals surface area (Å²) in [5.41, 5.74) is 2.70. The van der Waals surface area contributed by atoms with Crippen LogP contribution in [0.1, 0.15) is 40.3 Å². The van der Waals surface area contributed by atoms with E-state index >= 15 is 0 Å². The van der Waals surface area contributed by atoms with Gasteiger partial charge in [0.1, 0.15) is 23.1 Å². The molecule has 0 unspecified atom stereocenters. The van der Waals surface area contributed by atoms with Crippen molar-refractivity contribution < 1.29 is 14.3 Å². The lowest BCUT2D eigenvalue weighted by Crippen LogP contribution is -2.38. The Bertz CT molecular complexity index is 893. The van der Waals surface area contributed by atoms with Crippen LogP contribution in [0.4, 0.5) is 5.82 Å². The third-order valence-electron chi connectivity index (χ3n) is 5.48. The minimum absolute atomic E-state index is 0.0434. The van der Waals surface area contributed by atoms with E-state index in [9.17, 15) is 4.79 Å². The standard InChI is InChI=1S/C21H26N4O3/c1-14-22-18-8-11-25(13-17(18)20(23-14)24-9-4-5-10-24)21(26)16-7-6-15(27-2)12-19(16)28-3/h6-7,12H,4-5,8-11,13H2,1-3H3. The van der Waals surface area contributed by atoms with E-state index in [0.717, 1.165) is 42.4 Å². The molecule has 1 saturated heterocycles. The zero-order valence-corrected chi connectivity index (χ0v) is 16.7.